The number of carbonyl (C=O) groups is 1. The molecule has 160 valence electrons. The number of hydrogen-bond acceptors (Lipinski definition) is 3. The lowest BCUT2D eigenvalue weighted by molar-refractivity contribution is 0.0944. The van der Waals surface area contributed by atoms with Gasteiger partial charge in [0, 0.05) is 24.3 Å². The number of nitrogens with zero attached hydrogens (tertiary/aromatic N) is 3. The van der Waals surface area contributed by atoms with Crippen LogP contribution >= 0.6 is 0 Å². The quantitative estimate of drug-likeness (QED) is 0.658. The second-order valence-corrected chi connectivity index (χ2v) is 8.50. The molecule has 3 aromatic rings. The standard InChI is InChI=1S/C25H27FN4O/c26-20-10-12-21(13-11-20)30-23-5-3-4-22(23)24(28-30)25(31)27-16-18-6-8-19(9-7-18)17-29-14-1-2-15-29/h6-13H,1-5,14-17H2,(H,27,31). The zero-order valence-corrected chi connectivity index (χ0v) is 17.6. The van der Waals surface area contributed by atoms with Crippen LogP contribution in [0.15, 0.2) is 48.5 Å². The van der Waals surface area contributed by atoms with Crippen LogP contribution in [0.3, 0.4) is 0 Å². The molecule has 2 aromatic carbocycles. The first-order chi connectivity index (χ1) is 15.2. The molecule has 1 aliphatic heterocycles. The van der Waals surface area contributed by atoms with Crippen molar-refractivity contribution in [3.8, 4) is 5.69 Å². The molecule has 1 amide bonds. The van der Waals surface area contributed by atoms with E-state index in [1.54, 1.807) is 16.8 Å². The molecule has 5 nitrogen and oxygen atoms in total. The largest absolute Gasteiger partial charge is 0.347 e. The van der Waals surface area contributed by atoms with E-state index in [2.05, 4.69) is 39.6 Å². The third-order valence-electron chi connectivity index (χ3n) is 6.30. The Labute approximate surface area is 181 Å². The highest BCUT2D eigenvalue weighted by atomic mass is 19.1. The summed E-state index contributed by atoms with van der Waals surface area (Å²) in [6, 6.07) is 14.7. The van der Waals surface area contributed by atoms with Gasteiger partial charge in [-0.2, -0.15) is 5.10 Å². The average Bonchev–Trinajstić information content (AvgIpc) is 3.52. The number of likely N-dealkylation sites (tertiary alicyclic amines) is 1. The van der Waals surface area contributed by atoms with Crippen molar-refractivity contribution in [2.24, 2.45) is 0 Å². The monoisotopic (exact) mass is 418 g/mol. The average molecular weight is 419 g/mol. The van der Waals surface area contributed by atoms with Gasteiger partial charge in [0.15, 0.2) is 5.69 Å². The number of nitrogens with one attached hydrogen (secondary N) is 1. The molecular formula is C25H27FN4O. The van der Waals surface area contributed by atoms with E-state index >= 15 is 0 Å². The Morgan fingerprint density at radius 1 is 0.935 bits per heavy atom. The van der Waals surface area contributed by atoms with Crippen LogP contribution < -0.4 is 5.32 Å². The molecule has 1 N–H and O–H groups in total. The smallest absolute Gasteiger partial charge is 0.272 e. The van der Waals surface area contributed by atoms with E-state index in [9.17, 15) is 9.18 Å². The SMILES string of the molecule is O=C(NCc1ccc(CN2CCCC2)cc1)c1nn(-c2ccc(F)cc2)c2c1CCC2. The Hall–Kier alpha value is -2.99. The lowest BCUT2D eigenvalue weighted by Gasteiger charge is -2.14. The van der Waals surface area contributed by atoms with Gasteiger partial charge >= 0.3 is 0 Å². The molecule has 2 heterocycles. The van der Waals surface area contributed by atoms with Crippen LogP contribution in [0.4, 0.5) is 4.39 Å². The van der Waals surface area contributed by atoms with Crippen molar-refractivity contribution in [1.82, 2.24) is 20.0 Å². The highest BCUT2D eigenvalue weighted by Gasteiger charge is 2.26. The first kappa shape index (κ1) is 19.9. The molecular weight excluding hydrogens is 391 g/mol. The molecule has 0 bridgehead atoms. The lowest BCUT2D eigenvalue weighted by Crippen LogP contribution is -2.24. The minimum absolute atomic E-state index is 0.153. The summed E-state index contributed by atoms with van der Waals surface area (Å²) in [5.74, 6) is -0.433. The Balaban J connectivity index is 1.26. The van der Waals surface area contributed by atoms with Crippen LogP contribution in [0.2, 0.25) is 0 Å². The molecule has 1 fully saturated rings. The van der Waals surface area contributed by atoms with Gasteiger partial charge in [-0.1, -0.05) is 24.3 Å². The third kappa shape index (κ3) is 4.26. The summed E-state index contributed by atoms with van der Waals surface area (Å²) in [6.07, 6.45) is 5.33. The van der Waals surface area contributed by atoms with Crippen LogP contribution in [0.25, 0.3) is 5.69 Å². The van der Waals surface area contributed by atoms with Crippen molar-refractivity contribution in [2.75, 3.05) is 13.1 Å². The van der Waals surface area contributed by atoms with Crippen molar-refractivity contribution in [2.45, 2.75) is 45.2 Å². The number of aromatic nitrogens is 2. The topological polar surface area (TPSA) is 50.2 Å². The molecule has 1 saturated heterocycles. The number of fused-ring (bicyclic) bond motifs is 1. The fourth-order valence-electron chi connectivity index (χ4n) is 4.64. The van der Waals surface area contributed by atoms with Gasteiger partial charge in [0.1, 0.15) is 5.82 Å². The molecule has 0 radical (unpaired) electrons. The van der Waals surface area contributed by atoms with Gasteiger partial charge < -0.3 is 5.32 Å². The van der Waals surface area contributed by atoms with Crippen LogP contribution in [-0.4, -0.2) is 33.7 Å². The number of rotatable bonds is 6. The number of amides is 1. The summed E-state index contributed by atoms with van der Waals surface area (Å²) in [5, 5.41) is 7.62. The molecule has 0 unspecified atom stereocenters. The van der Waals surface area contributed by atoms with Gasteiger partial charge in [-0.3, -0.25) is 9.69 Å². The summed E-state index contributed by atoms with van der Waals surface area (Å²) in [7, 11) is 0. The van der Waals surface area contributed by atoms with E-state index in [0.29, 0.717) is 12.2 Å². The van der Waals surface area contributed by atoms with E-state index in [1.807, 2.05) is 0 Å². The molecule has 0 atom stereocenters. The molecule has 31 heavy (non-hydrogen) atoms. The minimum atomic E-state index is -0.281. The van der Waals surface area contributed by atoms with Gasteiger partial charge in [0.2, 0.25) is 0 Å². The molecule has 5 rings (SSSR count). The van der Waals surface area contributed by atoms with Gasteiger partial charge in [-0.15, -0.1) is 0 Å². The highest BCUT2D eigenvalue weighted by molar-refractivity contribution is 5.94. The second kappa shape index (κ2) is 8.63. The Kier molecular flexibility index (Phi) is 5.55. The first-order valence-corrected chi connectivity index (χ1v) is 11.1. The van der Waals surface area contributed by atoms with Crippen molar-refractivity contribution >= 4 is 5.91 Å². The maximum absolute atomic E-state index is 13.3. The Morgan fingerprint density at radius 3 is 2.39 bits per heavy atom. The van der Waals surface area contributed by atoms with Crippen LogP contribution in [0.5, 0.6) is 0 Å². The van der Waals surface area contributed by atoms with Crippen molar-refractivity contribution in [3.63, 3.8) is 0 Å². The van der Waals surface area contributed by atoms with E-state index in [4.69, 9.17) is 0 Å². The van der Waals surface area contributed by atoms with E-state index in [-0.39, 0.29) is 11.7 Å². The minimum Gasteiger partial charge on any atom is -0.347 e. The van der Waals surface area contributed by atoms with Crippen molar-refractivity contribution in [1.29, 1.82) is 0 Å². The number of halogens is 1. The molecule has 0 saturated carbocycles. The summed E-state index contributed by atoms with van der Waals surface area (Å²) >= 11 is 0. The Bertz CT molecular complexity index is 1070. The van der Waals surface area contributed by atoms with Crippen LogP contribution in [0.1, 0.15) is 52.1 Å². The van der Waals surface area contributed by atoms with E-state index in [1.165, 1.54) is 43.6 Å². The molecule has 1 aliphatic carbocycles. The fraction of sp³-hybridized carbons (Fsp3) is 0.360. The van der Waals surface area contributed by atoms with Crippen LogP contribution in [-0.2, 0) is 25.9 Å². The van der Waals surface area contributed by atoms with Crippen molar-refractivity contribution in [3.05, 3.63) is 82.4 Å². The maximum atomic E-state index is 13.3. The third-order valence-corrected chi connectivity index (χ3v) is 6.30. The van der Waals surface area contributed by atoms with Crippen LogP contribution in [0, 0.1) is 5.82 Å². The fourth-order valence-corrected chi connectivity index (χ4v) is 4.64. The normalized spacial score (nSPS) is 15.9. The zero-order valence-electron chi connectivity index (χ0n) is 17.6. The van der Waals surface area contributed by atoms with Gasteiger partial charge in [0.05, 0.1) is 5.69 Å². The van der Waals surface area contributed by atoms with E-state index in [0.717, 1.165) is 48.3 Å². The lowest BCUT2D eigenvalue weighted by atomic mass is 10.1. The predicted molar refractivity (Wildman–Crippen MR) is 118 cm³/mol. The predicted octanol–water partition coefficient (Wildman–Crippen LogP) is 4.03. The van der Waals surface area contributed by atoms with Gasteiger partial charge in [-0.05, 0) is 80.6 Å². The highest BCUT2D eigenvalue weighted by Crippen LogP contribution is 2.28. The summed E-state index contributed by atoms with van der Waals surface area (Å²) in [4.78, 5) is 15.4. The number of carbonyl (C=O) groups excluding carboxylic acids is 1. The Morgan fingerprint density at radius 2 is 1.65 bits per heavy atom. The van der Waals surface area contributed by atoms with Gasteiger partial charge in [0.25, 0.3) is 5.91 Å². The second-order valence-electron chi connectivity index (χ2n) is 8.50. The van der Waals surface area contributed by atoms with E-state index < -0.39 is 0 Å². The summed E-state index contributed by atoms with van der Waals surface area (Å²) in [5.41, 5.74) is 5.74. The zero-order chi connectivity index (χ0) is 21.2. The first-order valence-electron chi connectivity index (χ1n) is 11.1. The van der Waals surface area contributed by atoms with Gasteiger partial charge in [-0.25, -0.2) is 9.07 Å². The molecule has 0 spiro atoms. The number of hydrogen-bond donors (Lipinski definition) is 1. The van der Waals surface area contributed by atoms with Crippen molar-refractivity contribution < 1.29 is 9.18 Å². The molecule has 2 aliphatic rings. The number of benzene rings is 2. The molecule has 1 aromatic heterocycles. The molecule has 6 heteroatoms. The maximum Gasteiger partial charge on any atom is 0.272 e. The summed E-state index contributed by atoms with van der Waals surface area (Å²) in [6.45, 7) is 3.85. The summed E-state index contributed by atoms with van der Waals surface area (Å²) < 4.78 is 15.1.